The first-order valence-corrected chi connectivity index (χ1v) is 13.4. The van der Waals surface area contributed by atoms with Crippen LogP contribution >= 0.6 is 34.8 Å². The second-order valence-electron chi connectivity index (χ2n) is 8.17. The second-order valence-corrected chi connectivity index (χ2v) is 11.1. The quantitative estimate of drug-likeness (QED) is 0.350. The highest BCUT2D eigenvalue weighted by atomic mass is 35.5. The van der Waals surface area contributed by atoms with Gasteiger partial charge in [-0.1, -0.05) is 53.0 Å². The summed E-state index contributed by atoms with van der Waals surface area (Å²) in [6, 6.07) is 10.9. The molecule has 0 radical (unpaired) electrons. The Kier molecular flexibility index (Phi) is 7.68. The molecule has 0 saturated carbocycles. The molecule has 2 aromatic carbocycles. The molecule has 8 nitrogen and oxygen atoms in total. The average Bonchev–Trinajstić information content (AvgIpc) is 3.42. The van der Waals surface area contributed by atoms with E-state index in [1.807, 2.05) is 12.1 Å². The van der Waals surface area contributed by atoms with Gasteiger partial charge in [-0.15, -0.1) is 0 Å². The third-order valence-corrected chi connectivity index (χ3v) is 8.18. The highest BCUT2D eigenvalue weighted by Crippen LogP contribution is 2.35. The highest BCUT2D eigenvalue weighted by molar-refractivity contribution is 7.89. The number of hydrazone groups is 1. The van der Waals surface area contributed by atoms with Crippen LogP contribution in [0.3, 0.4) is 0 Å². The van der Waals surface area contributed by atoms with Gasteiger partial charge in [0, 0.05) is 21.5 Å². The van der Waals surface area contributed by atoms with Gasteiger partial charge in [-0.2, -0.15) is 9.82 Å². The molecule has 2 heterocycles. The fourth-order valence-corrected chi connectivity index (χ4v) is 6.37. The van der Waals surface area contributed by atoms with E-state index in [0.717, 1.165) is 5.56 Å². The van der Waals surface area contributed by atoms with Crippen LogP contribution in [0.15, 0.2) is 56.9 Å². The molecule has 1 aromatic heterocycles. The van der Waals surface area contributed by atoms with E-state index in [1.54, 1.807) is 24.3 Å². The Morgan fingerprint density at radius 2 is 1.78 bits per heavy atom. The van der Waals surface area contributed by atoms with Gasteiger partial charge >= 0.3 is 5.97 Å². The van der Waals surface area contributed by atoms with Crippen molar-refractivity contribution in [1.82, 2.24) is 10.1 Å². The van der Waals surface area contributed by atoms with Gasteiger partial charge in [0.2, 0.25) is 10.0 Å². The predicted octanol–water partition coefficient (Wildman–Crippen LogP) is 5.75. The monoisotopic (exact) mass is 569 g/mol. The summed E-state index contributed by atoms with van der Waals surface area (Å²) in [5.41, 5.74) is 4.74. The van der Waals surface area contributed by atoms with Crippen LogP contribution in [0.25, 0.3) is 0 Å². The third kappa shape index (κ3) is 5.26. The maximum absolute atomic E-state index is 13.7. The Bertz CT molecular complexity index is 1450. The van der Waals surface area contributed by atoms with Crippen molar-refractivity contribution in [2.75, 3.05) is 7.11 Å². The average molecular weight is 571 g/mol. The SMILES string of the molecule is COC(=O)c1c(C)oc(C)c1S(=O)(=O)NC(C1=NNC(c2ccc(Cl)cc2)C1)c1ccc(Cl)cc1Cl. The summed E-state index contributed by atoms with van der Waals surface area (Å²) in [6.07, 6.45) is 0.376. The number of furan rings is 1. The normalized spacial score (nSPS) is 16.4. The number of halogens is 3. The van der Waals surface area contributed by atoms with E-state index in [1.165, 1.54) is 27.0 Å². The lowest BCUT2D eigenvalue weighted by molar-refractivity contribution is 0.0595. The standard InChI is InChI=1S/C24H22Cl3N3O5S/c1-12-21(24(31)34-3)23(13(2)35-12)36(32,33)30-22(17-9-8-16(26)10-18(17)27)20-11-19(28-29-20)14-4-6-15(25)7-5-14/h4-10,19,22,28,30H,11H2,1-3H3. The summed E-state index contributed by atoms with van der Waals surface area (Å²) in [7, 11) is -3.15. The molecule has 1 aliphatic heterocycles. The van der Waals surface area contributed by atoms with Gasteiger partial charge in [0.05, 0.1) is 24.9 Å². The Hall–Kier alpha value is -2.56. The minimum absolute atomic E-state index is 0.0480. The molecule has 1 aliphatic rings. The number of nitrogens with zero attached hydrogens (tertiary/aromatic N) is 1. The zero-order valence-corrected chi connectivity index (χ0v) is 22.5. The van der Waals surface area contributed by atoms with E-state index in [0.29, 0.717) is 27.7 Å². The summed E-state index contributed by atoms with van der Waals surface area (Å²) < 4.78 is 40.3. The number of aryl methyl sites for hydroxylation is 2. The summed E-state index contributed by atoms with van der Waals surface area (Å²) in [5.74, 6) is -0.649. The molecule has 0 amide bonds. The molecule has 2 atom stereocenters. The van der Waals surface area contributed by atoms with E-state index < -0.39 is 22.0 Å². The number of carbonyl (C=O) groups is 1. The Balaban J connectivity index is 1.74. The van der Waals surface area contributed by atoms with Crippen LogP contribution in [0.5, 0.6) is 0 Å². The molecular weight excluding hydrogens is 549 g/mol. The number of hydrogen-bond donors (Lipinski definition) is 2. The number of nitrogens with one attached hydrogen (secondary N) is 2. The first kappa shape index (κ1) is 26.5. The molecular formula is C24H22Cl3N3O5S. The van der Waals surface area contributed by atoms with Crippen molar-refractivity contribution in [3.63, 3.8) is 0 Å². The van der Waals surface area contributed by atoms with Gasteiger partial charge in [0.15, 0.2) is 0 Å². The van der Waals surface area contributed by atoms with E-state index in [4.69, 9.17) is 44.0 Å². The number of ether oxygens (including phenoxy) is 1. The third-order valence-electron chi connectivity index (χ3n) is 5.79. The van der Waals surface area contributed by atoms with Crippen molar-refractivity contribution < 1.29 is 22.4 Å². The van der Waals surface area contributed by atoms with Gasteiger partial charge < -0.3 is 14.6 Å². The number of benzene rings is 2. The number of hydrogen-bond acceptors (Lipinski definition) is 7. The molecule has 2 N–H and O–H groups in total. The van der Waals surface area contributed by atoms with Crippen LogP contribution in [0.4, 0.5) is 0 Å². The first-order valence-electron chi connectivity index (χ1n) is 10.7. The number of rotatable bonds is 7. The number of sulfonamides is 1. The smallest absolute Gasteiger partial charge is 0.342 e. The molecule has 0 bridgehead atoms. The second kappa shape index (κ2) is 10.4. The Morgan fingerprint density at radius 3 is 2.42 bits per heavy atom. The molecule has 12 heteroatoms. The van der Waals surface area contributed by atoms with Crippen LogP contribution in [0.2, 0.25) is 15.1 Å². The molecule has 0 fully saturated rings. The van der Waals surface area contributed by atoms with E-state index in [9.17, 15) is 13.2 Å². The predicted molar refractivity (Wildman–Crippen MR) is 138 cm³/mol. The van der Waals surface area contributed by atoms with Gasteiger partial charge in [-0.25, -0.2) is 13.2 Å². The summed E-state index contributed by atoms with van der Waals surface area (Å²) >= 11 is 18.6. The summed E-state index contributed by atoms with van der Waals surface area (Å²) in [4.78, 5) is 12.1. The van der Waals surface area contributed by atoms with Crippen molar-refractivity contribution in [2.45, 2.75) is 37.2 Å². The fraction of sp³-hybridized carbons (Fsp3) is 0.250. The minimum Gasteiger partial charge on any atom is -0.465 e. The van der Waals surface area contributed by atoms with Crippen molar-refractivity contribution in [2.24, 2.45) is 5.10 Å². The van der Waals surface area contributed by atoms with E-state index in [-0.39, 0.29) is 33.0 Å². The maximum atomic E-state index is 13.7. The lowest BCUT2D eigenvalue weighted by Gasteiger charge is -2.21. The molecule has 3 aromatic rings. The zero-order valence-electron chi connectivity index (χ0n) is 19.4. The maximum Gasteiger partial charge on any atom is 0.342 e. The molecule has 0 spiro atoms. The molecule has 0 aliphatic carbocycles. The zero-order chi connectivity index (χ0) is 26.2. The van der Waals surface area contributed by atoms with Gasteiger partial charge in [-0.3, -0.25) is 0 Å². The van der Waals surface area contributed by atoms with Crippen molar-refractivity contribution in [3.05, 3.63) is 85.7 Å². The van der Waals surface area contributed by atoms with Crippen LogP contribution in [-0.2, 0) is 14.8 Å². The van der Waals surface area contributed by atoms with Gasteiger partial charge in [0.1, 0.15) is 22.0 Å². The number of carbonyl (C=O) groups excluding carboxylic acids is 1. The van der Waals surface area contributed by atoms with E-state index in [2.05, 4.69) is 15.2 Å². The Labute approximate surface area is 223 Å². The summed E-state index contributed by atoms with van der Waals surface area (Å²) in [5, 5.41) is 5.68. The van der Waals surface area contributed by atoms with Crippen LogP contribution in [-0.4, -0.2) is 27.2 Å². The number of esters is 1. The van der Waals surface area contributed by atoms with Crippen LogP contribution in [0.1, 0.15) is 51.5 Å². The van der Waals surface area contributed by atoms with Gasteiger partial charge in [-0.05, 0) is 49.2 Å². The van der Waals surface area contributed by atoms with Crippen LogP contribution < -0.4 is 10.1 Å². The molecule has 0 saturated heterocycles. The van der Waals surface area contributed by atoms with Crippen molar-refractivity contribution >= 4 is 56.5 Å². The largest absolute Gasteiger partial charge is 0.465 e. The van der Waals surface area contributed by atoms with Crippen LogP contribution in [0, 0.1) is 13.8 Å². The molecule has 4 rings (SSSR count). The molecule has 36 heavy (non-hydrogen) atoms. The highest BCUT2D eigenvalue weighted by Gasteiger charge is 2.37. The van der Waals surface area contributed by atoms with E-state index >= 15 is 0 Å². The summed E-state index contributed by atoms with van der Waals surface area (Å²) in [6.45, 7) is 2.96. The Morgan fingerprint density at radius 1 is 1.11 bits per heavy atom. The van der Waals surface area contributed by atoms with Crippen molar-refractivity contribution in [1.29, 1.82) is 0 Å². The minimum atomic E-state index is -4.32. The molecule has 190 valence electrons. The molecule has 2 unspecified atom stereocenters. The lowest BCUT2D eigenvalue weighted by atomic mass is 9.96. The lowest BCUT2D eigenvalue weighted by Crippen LogP contribution is -2.34. The van der Waals surface area contributed by atoms with Gasteiger partial charge in [0.25, 0.3) is 0 Å². The van der Waals surface area contributed by atoms with Crippen molar-refractivity contribution in [3.8, 4) is 0 Å². The first-order chi connectivity index (χ1) is 17.0. The number of methoxy groups -OCH3 is 1. The topological polar surface area (TPSA) is 110 Å². The fourth-order valence-electron chi connectivity index (χ4n) is 4.12.